The van der Waals surface area contributed by atoms with Crippen molar-refractivity contribution in [1.82, 2.24) is 4.90 Å². The van der Waals surface area contributed by atoms with Crippen molar-refractivity contribution in [2.45, 2.75) is 24.3 Å². The Hall–Kier alpha value is -2.16. The van der Waals surface area contributed by atoms with Crippen LogP contribution in [-0.2, 0) is 19.7 Å². The molecule has 1 saturated heterocycles. The van der Waals surface area contributed by atoms with Gasteiger partial charge in [-0.1, -0.05) is 24.3 Å². The number of methoxy groups -OCH3 is 1. The monoisotopic (exact) mass is 338 g/mol. The lowest BCUT2D eigenvalue weighted by molar-refractivity contribution is -0.142. The van der Waals surface area contributed by atoms with Crippen LogP contribution in [0.15, 0.2) is 30.3 Å². The molecule has 2 fully saturated rings. The second-order valence-corrected chi connectivity index (χ2v) is 7.10. The summed E-state index contributed by atoms with van der Waals surface area (Å²) >= 11 is 0. The number of rotatable bonds is 3. The van der Waals surface area contributed by atoms with E-state index in [1.807, 2.05) is 30.3 Å². The van der Waals surface area contributed by atoms with Gasteiger partial charge in [-0.15, -0.1) is 0 Å². The maximum Gasteiger partial charge on any atom is 0.141 e. The fraction of sp³-hybridized carbons (Fsp3) is 0.500. The average molecular weight is 338 g/mol. The standard InChI is InChI=1S/C20H22N2O3/c1-14(23)20-12-19(13-21,22-7-9-25-10-8-22)18(20)11-17(24-2)15-5-3-4-6-16(15)20/h3-6,11,18H,7-10,12H2,1-2H3/t18-,19-,20+/m1/s1. The Morgan fingerprint density at radius 3 is 2.72 bits per heavy atom. The smallest absolute Gasteiger partial charge is 0.141 e. The van der Waals surface area contributed by atoms with Crippen LogP contribution in [0, 0.1) is 17.2 Å². The number of hydrogen-bond donors (Lipinski definition) is 0. The first-order valence-corrected chi connectivity index (χ1v) is 8.71. The second kappa shape index (κ2) is 5.69. The number of Topliss-reactive ketones (excluding diaryl/α,β-unsaturated/α-hetero) is 1. The molecule has 4 rings (SSSR count). The minimum absolute atomic E-state index is 0.121. The molecule has 0 spiro atoms. The van der Waals surface area contributed by atoms with Gasteiger partial charge in [-0.05, 0) is 25.0 Å². The SMILES string of the molecule is COC1=C[C@H]2[C@](C(C)=O)(C[C@]2(C#N)N2CCOCC2)c2ccccc21. The van der Waals surface area contributed by atoms with Crippen molar-refractivity contribution in [3.05, 3.63) is 41.5 Å². The highest BCUT2D eigenvalue weighted by molar-refractivity contribution is 5.94. The van der Waals surface area contributed by atoms with Gasteiger partial charge < -0.3 is 9.47 Å². The van der Waals surface area contributed by atoms with E-state index in [9.17, 15) is 10.1 Å². The topological polar surface area (TPSA) is 62.6 Å². The maximum absolute atomic E-state index is 12.8. The Labute approximate surface area is 147 Å². The molecule has 5 heteroatoms. The molecule has 1 aromatic rings. The lowest BCUT2D eigenvalue weighted by Gasteiger charge is -2.63. The van der Waals surface area contributed by atoms with Crippen LogP contribution in [-0.4, -0.2) is 49.6 Å². The van der Waals surface area contributed by atoms with Crippen LogP contribution in [0.3, 0.4) is 0 Å². The van der Waals surface area contributed by atoms with Crippen molar-refractivity contribution in [2.75, 3.05) is 33.4 Å². The summed E-state index contributed by atoms with van der Waals surface area (Å²) in [6.07, 6.45) is 2.53. The van der Waals surface area contributed by atoms with Gasteiger partial charge in [0.1, 0.15) is 17.1 Å². The molecule has 0 amide bonds. The van der Waals surface area contributed by atoms with Gasteiger partial charge in [0.25, 0.3) is 0 Å². The molecule has 1 aromatic carbocycles. The van der Waals surface area contributed by atoms with Crippen molar-refractivity contribution >= 4 is 11.5 Å². The predicted octanol–water partition coefficient (Wildman–Crippen LogP) is 2.13. The van der Waals surface area contributed by atoms with E-state index >= 15 is 0 Å². The summed E-state index contributed by atoms with van der Waals surface area (Å²) in [5.74, 6) is 0.672. The maximum atomic E-state index is 12.8. The third kappa shape index (κ3) is 1.98. The van der Waals surface area contributed by atoms with Gasteiger partial charge in [-0.3, -0.25) is 9.69 Å². The molecule has 1 aliphatic heterocycles. The summed E-state index contributed by atoms with van der Waals surface area (Å²) in [6, 6.07) is 10.5. The third-order valence-corrected chi connectivity index (χ3v) is 6.20. The third-order valence-electron chi connectivity index (χ3n) is 6.20. The van der Waals surface area contributed by atoms with Gasteiger partial charge in [0.05, 0.1) is 31.8 Å². The fourth-order valence-corrected chi connectivity index (χ4v) is 4.95. The lowest BCUT2D eigenvalue weighted by Crippen LogP contribution is -2.74. The number of nitriles is 1. The number of carbonyl (C=O) groups excluding carboxylic acids is 1. The number of ketones is 1. The summed E-state index contributed by atoms with van der Waals surface area (Å²) in [4.78, 5) is 15.0. The fourth-order valence-electron chi connectivity index (χ4n) is 4.95. The summed E-state index contributed by atoms with van der Waals surface area (Å²) < 4.78 is 11.1. The van der Waals surface area contributed by atoms with E-state index in [1.165, 1.54) is 0 Å². The van der Waals surface area contributed by atoms with Gasteiger partial charge in [0.15, 0.2) is 0 Å². The zero-order chi connectivity index (χ0) is 17.7. The minimum atomic E-state index is -0.674. The number of carbonyl (C=O) groups is 1. The summed E-state index contributed by atoms with van der Waals surface area (Å²) in [5.41, 5.74) is 0.648. The zero-order valence-electron chi connectivity index (χ0n) is 14.6. The lowest BCUT2D eigenvalue weighted by atomic mass is 9.43. The van der Waals surface area contributed by atoms with Crippen LogP contribution in [0.4, 0.5) is 0 Å². The van der Waals surface area contributed by atoms with Crippen molar-refractivity contribution in [3.8, 4) is 6.07 Å². The first-order chi connectivity index (χ1) is 12.1. The Kier molecular flexibility index (Phi) is 3.71. The Balaban J connectivity index is 1.87. The molecule has 5 nitrogen and oxygen atoms in total. The van der Waals surface area contributed by atoms with Gasteiger partial charge in [0.2, 0.25) is 0 Å². The van der Waals surface area contributed by atoms with Gasteiger partial charge in [-0.25, -0.2) is 0 Å². The highest BCUT2D eigenvalue weighted by atomic mass is 16.5. The van der Waals surface area contributed by atoms with E-state index in [1.54, 1.807) is 14.0 Å². The molecule has 130 valence electrons. The number of fused-ring (bicyclic) bond motifs is 3. The van der Waals surface area contributed by atoms with Crippen LogP contribution < -0.4 is 0 Å². The summed E-state index contributed by atoms with van der Waals surface area (Å²) in [6.45, 7) is 4.34. The normalized spacial score (nSPS) is 34.0. The molecule has 2 aliphatic carbocycles. The van der Waals surface area contributed by atoms with Gasteiger partial charge in [0, 0.05) is 24.6 Å². The van der Waals surface area contributed by atoms with Crippen LogP contribution in [0.2, 0.25) is 0 Å². The van der Waals surface area contributed by atoms with Gasteiger partial charge >= 0.3 is 0 Å². The highest BCUT2D eigenvalue weighted by Gasteiger charge is 2.70. The minimum Gasteiger partial charge on any atom is -0.496 e. The molecule has 3 aliphatic rings. The first-order valence-electron chi connectivity index (χ1n) is 8.71. The van der Waals surface area contributed by atoms with Crippen LogP contribution in [0.5, 0.6) is 0 Å². The largest absolute Gasteiger partial charge is 0.496 e. The first kappa shape index (κ1) is 16.3. The van der Waals surface area contributed by atoms with Crippen LogP contribution in [0.25, 0.3) is 5.76 Å². The van der Waals surface area contributed by atoms with Crippen molar-refractivity contribution in [1.29, 1.82) is 5.26 Å². The average Bonchev–Trinajstić information content (AvgIpc) is 2.63. The van der Waals surface area contributed by atoms with E-state index in [2.05, 4.69) is 11.0 Å². The Morgan fingerprint density at radius 1 is 1.36 bits per heavy atom. The molecular weight excluding hydrogens is 316 g/mol. The van der Waals surface area contributed by atoms with Crippen molar-refractivity contribution in [3.63, 3.8) is 0 Å². The molecule has 0 bridgehead atoms. The van der Waals surface area contributed by atoms with Crippen molar-refractivity contribution in [2.24, 2.45) is 5.92 Å². The molecular formula is C20H22N2O3. The van der Waals surface area contributed by atoms with Crippen molar-refractivity contribution < 1.29 is 14.3 Å². The quantitative estimate of drug-likeness (QED) is 0.845. The number of hydrogen-bond acceptors (Lipinski definition) is 5. The molecule has 0 N–H and O–H groups in total. The summed E-state index contributed by atoms with van der Waals surface area (Å²) in [5, 5.41) is 10.1. The molecule has 3 atom stereocenters. The molecule has 25 heavy (non-hydrogen) atoms. The molecule has 0 unspecified atom stereocenters. The van der Waals surface area contributed by atoms with Crippen LogP contribution >= 0.6 is 0 Å². The predicted molar refractivity (Wildman–Crippen MR) is 92.6 cm³/mol. The second-order valence-electron chi connectivity index (χ2n) is 7.10. The van der Waals surface area contributed by atoms with E-state index in [0.717, 1.165) is 30.0 Å². The Bertz CT molecular complexity index is 790. The molecule has 0 aromatic heterocycles. The van der Waals surface area contributed by atoms with E-state index in [0.29, 0.717) is 19.6 Å². The number of morpholine rings is 1. The Morgan fingerprint density at radius 2 is 2.08 bits per heavy atom. The highest BCUT2D eigenvalue weighted by Crippen LogP contribution is 2.62. The van der Waals surface area contributed by atoms with Crippen LogP contribution in [0.1, 0.15) is 24.5 Å². The molecule has 0 radical (unpaired) electrons. The summed E-state index contributed by atoms with van der Waals surface area (Å²) in [7, 11) is 1.64. The molecule has 1 heterocycles. The van der Waals surface area contributed by atoms with Gasteiger partial charge in [-0.2, -0.15) is 5.26 Å². The van der Waals surface area contributed by atoms with E-state index in [4.69, 9.17) is 9.47 Å². The number of nitrogens with zero attached hydrogens (tertiary/aromatic N) is 2. The van der Waals surface area contributed by atoms with E-state index in [-0.39, 0.29) is 11.7 Å². The zero-order valence-corrected chi connectivity index (χ0v) is 14.6. The van der Waals surface area contributed by atoms with E-state index < -0.39 is 11.0 Å². The molecule has 1 saturated carbocycles. The number of benzene rings is 1. The number of ether oxygens (including phenoxy) is 2.